The van der Waals surface area contributed by atoms with Gasteiger partial charge in [0.25, 0.3) is 5.91 Å². The highest BCUT2D eigenvalue weighted by atomic mass is 79.9. The number of amides is 1. The second kappa shape index (κ2) is 10.7. The van der Waals surface area contributed by atoms with Crippen LogP contribution in [0.3, 0.4) is 0 Å². The minimum Gasteiger partial charge on any atom is -0.494 e. The van der Waals surface area contributed by atoms with Gasteiger partial charge >= 0.3 is 0 Å². The van der Waals surface area contributed by atoms with Gasteiger partial charge in [-0.15, -0.1) is 0 Å². The standard InChI is InChI=1S/C23H21BrN2O2S/c24-19-13-11-18(12-14-19)22(27)26-23(29)25-20-9-4-10-21(16-20)28-15-5-8-17-6-2-1-3-7-17/h1-4,6-7,9-14,16H,5,8,15H2,(H2,25,26,27,29). The molecule has 0 spiro atoms. The number of ether oxygens (including phenoxy) is 1. The van der Waals surface area contributed by atoms with Gasteiger partial charge in [0.1, 0.15) is 5.75 Å². The lowest BCUT2D eigenvalue weighted by molar-refractivity contribution is 0.0977. The van der Waals surface area contributed by atoms with Gasteiger partial charge in [-0.2, -0.15) is 0 Å². The Morgan fingerprint density at radius 2 is 1.72 bits per heavy atom. The molecule has 0 saturated heterocycles. The van der Waals surface area contributed by atoms with Crippen molar-refractivity contribution in [1.29, 1.82) is 0 Å². The number of carbonyl (C=O) groups is 1. The van der Waals surface area contributed by atoms with E-state index in [0.29, 0.717) is 12.2 Å². The Labute approximate surface area is 184 Å². The smallest absolute Gasteiger partial charge is 0.257 e. The predicted molar refractivity (Wildman–Crippen MR) is 125 cm³/mol. The molecule has 0 fully saturated rings. The molecule has 2 N–H and O–H groups in total. The number of aryl methyl sites for hydroxylation is 1. The van der Waals surface area contributed by atoms with Crippen molar-refractivity contribution in [2.45, 2.75) is 12.8 Å². The molecule has 29 heavy (non-hydrogen) atoms. The van der Waals surface area contributed by atoms with Crippen molar-refractivity contribution >= 4 is 44.9 Å². The zero-order chi connectivity index (χ0) is 20.5. The molecule has 0 aliphatic rings. The van der Waals surface area contributed by atoms with E-state index in [1.54, 1.807) is 12.1 Å². The topological polar surface area (TPSA) is 50.4 Å². The summed E-state index contributed by atoms with van der Waals surface area (Å²) in [5.41, 5.74) is 2.60. The predicted octanol–water partition coefficient (Wildman–Crippen LogP) is 5.59. The van der Waals surface area contributed by atoms with Crippen LogP contribution < -0.4 is 15.4 Å². The maximum absolute atomic E-state index is 12.2. The summed E-state index contributed by atoms with van der Waals surface area (Å²) in [5.74, 6) is 0.494. The average molecular weight is 469 g/mol. The Morgan fingerprint density at radius 1 is 0.966 bits per heavy atom. The van der Waals surface area contributed by atoms with Gasteiger partial charge in [-0.05, 0) is 67.0 Å². The molecule has 0 saturated carbocycles. The first kappa shape index (κ1) is 21.0. The van der Waals surface area contributed by atoms with Gasteiger partial charge in [0.2, 0.25) is 0 Å². The van der Waals surface area contributed by atoms with Crippen molar-refractivity contribution in [3.05, 3.63) is 94.5 Å². The molecule has 3 aromatic rings. The first-order valence-electron chi connectivity index (χ1n) is 9.25. The second-order valence-corrected chi connectivity index (χ2v) is 7.70. The van der Waals surface area contributed by atoms with Crippen molar-refractivity contribution in [3.8, 4) is 5.75 Å². The number of carbonyl (C=O) groups excluding carboxylic acids is 1. The molecular weight excluding hydrogens is 448 g/mol. The third-order valence-corrected chi connectivity index (χ3v) is 4.88. The minimum atomic E-state index is -0.261. The zero-order valence-electron chi connectivity index (χ0n) is 15.7. The molecule has 4 nitrogen and oxygen atoms in total. The minimum absolute atomic E-state index is 0.235. The van der Waals surface area contributed by atoms with Crippen LogP contribution in [0.15, 0.2) is 83.3 Å². The van der Waals surface area contributed by atoms with E-state index in [4.69, 9.17) is 17.0 Å². The maximum atomic E-state index is 12.2. The van der Waals surface area contributed by atoms with E-state index in [-0.39, 0.29) is 11.0 Å². The number of anilines is 1. The SMILES string of the molecule is O=C(NC(=S)Nc1cccc(OCCCc2ccccc2)c1)c1ccc(Br)cc1. The summed E-state index contributed by atoms with van der Waals surface area (Å²) in [6.07, 6.45) is 1.91. The normalized spacial score (nSPS) is 10.2. The van der Waals surface area contributed by atoms with E-state index in [1.807, 2.05) is 54.6 Å². The fourth-order valence-corrected chi connectivity index (χ4v) is 3.19. The van der Waals surface area contributed by atoms with Crippen LogP contribution in [0.25, 0.3) is 0 Å². The van der Waals surface area contributed by atoms with Gasteiger partial charge in [-0.3, -0.25) is 10.1 Å². The molecule has 0 bridgehead atoms. The fourth-order valence-electron chi connectivity index (χ4n) is 2.71. The van der Waals surface area contributed by atoms with Crippen LogP contribution in [0.2, 0.25) is 0 Å². The Bertz CT molecular complexity index is 962. The van der Waals surface area contributed by atoms with Crippen LogP contribution in [0, 0.1) is 0 Å². The molecule has 0 radical (unpaired) electrons. The Morgan fingerprint density at radius 3 is 2.48 bits per heavy atom. The molecule has 3 aromatic carbocycles. The molecule has 0 heterocycles. The molecule has 148 valence electrons. The third kappa shape index (κ3) is 7.00. The lowest BCUT2D eigenvalue weighted by Crippen LogP contribution is -2.34. The summed E-state index contributed by atoms with van der Waals surface area (Å²) in [6.45, 7) is 0.628. The third-order valence-electron chi connectivity index (χ3n) is 4.15. The van der Waals surface area contributed by atoms with E-state index >= 15 is 0 Å². The van der Waals surface area contributed by atoms with Crippen LogP contribution in [-0.4, -0.2) is 17.6 Å². The summed E-state index contributed by atoms with van der Waals surface area (Å²) in [6, 6.07) is 24.9. The molecule has 3 rings (SSSR count). The van der Waals surface area contributed by atoms with Gasteiger partial charge in [0.05, 0.1) is 6.61 Å². The molecule has 1 amide bonds. The van der Waals surface area contributed by atoms with Crippen LogP contribution in [0.4, 0.5) is 5.69 Å². The van der Waals surface area contributed by atoms with Gasteiger partial charge in [-0.25, -0.2) is 0 Å². The highest BCUT2D eigenvalue weighted by molar-refractivity contribution is 9.10. The summed E-state index contributed by atoms with van der Waals surface area (Å²) in [4.78, 5) is 12.2. The molecule has 6 heteroatoms. The maximum Gasteiger partial charge on any atom is 0.257 e. The fraction of sp³-hybridized carbons (Fsp3) is 0.130. The Kier molecular flexibility index (Phi) is 7.78. The quantitative estimate of drug-likeness (QED) is 0.350. The van der Waals surface area contributed by atoms with Crippen molar-refractivity contribution in [2.75, 3.05) is 11.9 Å². The first-order valence-corrected chi connectivity index (χ1v) is 10.4. The molecule has 0 unspecified atom stereocenters. The van der Waals surface area contributed by atoms with Crippen molar-refractivity contribution in [1.82, 2.24) is 5.32 Å². The van der Waals surface area contributed by atoms with Crippen molar-refractivity contribution in [3.63, 3.8) is 0 Å². The number of thiocarbonyl (C=S) groups is 1. The Balaban J connectivity index is 1.46. The number of hydrogen-bond acceptors (Lipinski definition) is 3. The van der Waals surface area contributed by atoms with Crippen LogP contribution in [-0.2, 0) is 6.42 Å². The van der Waals surface area contributed by atoms with Gasteiger partial charge in [0.15, 0.2) is 5.11 Å². The van der Waals surface area contributed by atoms with E-state index < -0.39 is 0 Å². The van der Waals surface area contributed by atoms with E-state index in [2.05, 4.69) is 38.7 Å². The summed E-state index contributed by atoms with van der Waals surface area (Å²) in [7, 11) is 0. The number of hydrogen-bond donors (Lipinski definition) is 2. The van der Waals surface area contributed by atoms with Gasteiger partial charge in [0, 0.05) is 21.8 Å². The van der Waals surface area contributed by atoms with Crippen molar-refractivity contribution in [2.24, 2.45) is 0 Å². The summed E-state index contributed by atoms with van der Waals surface area (Å²) in [5, 5.41) is 5.94. The Hall–Kier alpha value is -2.70. The first-order chi connectivity index (χ1) is 14.1. The van der Waals surface area contributed by atoms with E-state index in [0.717, 1.165) is 28.8 Å². The second-order valence-electron chi connectivity index (χ2n) is 6.38. The largest absolute Gasteiger partial charge is 0.494 e. The lowest BCUT2D eigenvalue weighted by Gasteiger charge is -2.12. The number of rotatable bonds is 7. The monoisotopic (exact) mass is 468 g/mol. The molecule has 0 aliphatic carbocycles. The highest BCUT2D eigenvalue weighted by Gasteiger charge is 2.08. The number of halogens is 1. The van der Waals surface area contributed by atoms with E-state index in [1.165, 1.54) is 5.56 Å². The van der Waals surface area contributed by atoms with Crippen LogP contribution >= 0.6 is 28.1 Å². The zero-order valence-corrected chi connectivity index (χ0v) is 18.1. The van der Waals surface area contributed by atoms with E-state index in [9.17, 15) is 4.79 Å². The number of benzene rings is 3. The molecular formula is C23H21BrN2O2S. The van der Waals surface area contributed by atoms with Crippen molar-refractivity contribution < 1.29 is 9.53 Å². The number of nitrogens with one attached hydrogen (secondary N) is 2. The summed E-state index contributed by atoms with van der Waals surface area (Å²) >= 11 is 8.60. The average Bonchev–Trinajstić information content (AvgIpc) is 2.72. The molecule has 0 aliphatic heterocycles. The molecule has 0 aromatic heterocycles. The van der Waals surface area contributed by atoms with Crippen LogP contribution in [0.1, 0.15) is 22.3 Å². The summed E-state index contributed by atoms with van der Waals surface area (Å²) < 4.78 is 6.75. The van der Waals surface area contributed by atoms with Gasteiger partial charge < -0.3 is 10.1 Å². The molecule has 0 atom stereocenters. The van der Waals surface area contributed by atoms with Gasteiger partial charge in [-0.1, -0.05) is 52.3 Å². The lowest BCUT2D eigenvalue weighted by atomic mass is 10.1. The van der Waals surface area contributed by atoms with Crippen LogP contribution in [0.5, 0.6) is 5.75 Å². The highest BCUT2D eigenvalue weighted by Crippen LogP contribution is 2.18.